The number of ether oxygens (including phenoxy) is 2. The molecule has 160 valence electrons. The molecule has 1 aromatic carbocycles. The standard InChI is InChI=1S/C21H28BrNO5S/c1-6-27-19(25)11-8-12-23(20(26)28-21(3,4)5)18(14-29-15(2)24)16-9-7-10-17(22)13-16/h7-11,13,18H,6,12,14H2,1-5H3/b11-8+. The van der Waals surface area contributed by atoms with E-state index in [0.717, 1.165) is 21.8 Å². The molecule has 0 heterocycles. The summed E-state index contributed by atoms with van der Waals surface area (Å²) in [6.45, 7) is 8.97. The number of rotatable bonds is 8. The Bertz CT molecular complexity index is 745. The topological polar surface area (TPSA) is 72.9 Å². The predicted octanol–water partition coefficient (Wildman–Crippen LogP) is 5.13. The van der Waals surface area contributed by atoms with Crippen molar-refractivity contribution in [3.8, 4) is 0 Å². The fraction of sp³-hybridized carbons (Fsp3) is 0.476. The second-order valence-corrected chi connectivity index (χ2v) is 9.27. The molecule has 0 aliphatic rings. The molecule has 0 spiro atoms. The highest BCUT2D eigenvalue weighted by Gasteiger charge is 2.29. The highest BCUT2D eigenvalue weighted by molar-refractivity contribution is 9.10. The third kappa shape index (κ3) is 9.99. The largest absolute Gasteiger partial charge is 0.463 e. The molecule has 1 amide bonds. The molecule has 0 radical (unpaired) electrons. The van der Waals surface area contributed by atoms with E-state index in [-0.39, 0.29) is 18.3 Å². The van der Waals surface area contributed by atoms with Gasteiger partial charge in [0.2, 0.25) is 0 Å². The maximum atomic E-state index is 13.0. The average Bonchev–Trinajstić information content (AvgIpc) is 2.59. The van der Waals surface area contributed by atoms with Crippen LogP contribution in [0.3, 0.4) is 0 Å². The Morgan fingerprint density at radius 1 is 1.28 bits per heavy atom. The summed E-state index contributed by atoms with van der Waals surface area (Å²) in [5, 5.41) is -0.0452. The van der Waals surface area contributed by atoms with Crippen LogP contribution in [0.1, 0.15) is 46.2 Å². The molecular formula is C21H28BrNO5S. The summed E-state index contributed by atoms with van der Waals surface area (Å²) in [6.07, 6.45) is 2.32. The highest BCUT2D eigenvalue weighted by atomic mass is 79.9. The van der Waals surface area contributed by atoms with Gasteiger partial charge in [-0.15, -0.1) is 0 Å². The van der Waals surface area contributed by atoms with Crippen molar-refractivity contribution in [2.75, 3.05) is 18.9 Å². The van der Waals surface area contributed by atoms with Gasteiger partial charge in [-0.05, 0) is 45.4 Å². The van der Waals surface area contributed by atoms with E-state index >= 15 is 0 Å². The fourth-order valence-corrected chi connectivity index (χ4v) is 3.56. The number of carbonyl (C=O) groups is 3. The maximum absolute atomic E-state index is 13.0. The molecule has 1 unspecified atom stereocenters. The minimum atomic E-state index is -0.685. The average molecular weight is 486 g/mol. The van der Waals surface area contributed by atoms with Gasteiger partial charge in [0.25, 0.3) is 0 Å². The van der Waals surface area contributed by atoms with Gasteiger partial charge in [0.1, 0.15) is 5.60 Å². The van der Waals surface area contributed by atoms with Crippen molar-refractivity contribution in [3.05, 3.63) is 46.5 Å². The van der Waals surface area contributed by atoms with Crippen LogP contribution in [-0.2, 0) is 19.1 Å². The monoisotopic (exact) mass is 485 g/mol. The number of hydrogen-bond donors (Lipinski definition) is 0. The van der Waals surface area contributed by atoms with Crippen molar-refractivity contribution in [1.29, 1.82) is 0 Å². The normalized spacial score (nSPS) is 12.5. The number of carbonyl (C=O) groups excluding carboxylic acids is 3. The van der Waals surface area contributed by atoms with Crippen LogP contribution in [0.4, 0.5) is 4.79 Å². The van der Waals surface area contributed by atoms with Gasteiger partial charge in [-0.3, -0.25) is 9.69 Å². The van der Waals surface area contributed by atoms with Crippen LogP contribution in [0.5, 0.6) is 0 Å². The summed E-state index contributed by atoms with van der Waals surface area (Å²) in [4.78, 5) is 37.7. The summed E-state index contributed by atoms with van der Waals surface area (Å²) < 4.78 is 11.3. The number of halogens is 1. The molecule has 0 saturated heterocycles. The zero-order valence-electron chi connectivity index (χ0n) is 17.4. The van der Waals surface area contributed by atoms with Gasteiger partial charge in [-0.25, -0.2) is 9.59 Å². The molecular weight excluding hydrogens is 458 g/mol. The second-order valence-electron chi connectivity index (χ2n) is 7.16. The Hall–Kier alpha value is -1.80. The lowest BCUT2D eigenvalue weighted by molar-refractivity contribution is -0.137. The lowest BCUT2D eigenvalue weighted by atomic mass is 10.1. The number of hydrogen-bond acceptors (Lipinski definition) is 6. The van der Waals surface area contributed by atoms with Gasteiger partial charge in [-0.1, -0.05) is 45.9 Å². The van der Waals surface area contributed by atoms with Crippen LogP contribution >= 0.6 is 27.7 Å². The first-order valence-corrected chi connectivity index (χ1v) is 11.0. The molecule has 0 aromatic heterocycles. The quantitative estimate of drug-likeness (QED) is 0.375. The molecule has 0 bridgehead atoms. The number of amides is 1. The fourth-order valence-electron chi connectivity index (χ4n) is 2.38. The van der Waals surface area contributed by atoms with E-state index < -0.39 is 23.7 Å². The van der Waals surface area contributed by atoms with Gasteiger partial charge < -0.3 is 9.47 Å². The van der Waals surface area contributed by atoms with Gasteiger partial charge in [0.05, 0.1) is 12.6 Å². The Morgan fingerprint density at radius 2 is 1.97 bits per heavy atom. The first kappa shape index (κ1) is 25.2. The summed E-state index contributed by atoms with van der Waals surface area (Å²) >= 11 is 4.58. The van der Waals surface area contributed by atoms with Gasteiger partial charge in [0.15, 0.2) is 5.12 Å². The highest BCUT2D eigenvalue weighted by Crippen LogP contribution is 2.29. The summed E-state index contributed by atoms with van der Waals surface area (Å²) in [5.41, 5.74) is 0.166. The summed E-state index contributed by atoms with van der Waals surface area (Å²) in [6, 6.07) is 7.12. The van der Waals surface area contributed by atoms with E-state index in [1.807, 2.05) is 24.3 Å². The Kier molecular flexibility index (Phi) is 10.5. The lowest BCUT2D eigenvalue weighted by Gasteiger charge is -2.33. The van der Waals surface area contributed by atoms with Crippen molar-refractivity contribution >= 4 is 44.9 Å². The maximum Gasteiger partial charge on any atom is 0.411 e. The Morgan fingerprint density at radius 3 is 2.52 bits per heavy atom. The summed E-state index contributed by atoms with van der Waals surface area (Å²) in [5.74, 6) is -0.119. The molecule has 1 atom stereocenters. The van der Waals surface area contributed by atoms with Crippen molar-refractivity contribution in [3.63, 3.8) is 0 Å². The molecule has 0 N–H and O–H groups in total. The van der Waals surface area contributed by atoms with Crippen molar-refractivity contribution < 1.29 is 23.9 Å². The van der Waals surface area contributed by atoms with Crippen molar-refractivity contribution in [1.82, 2.24) is 4.90 Å². The van der Waals surface area contributed by atoms with Crippen molar-refractivity contribution in [2.45, 2.75) is 46.3 Å². The van der Waals surface area contributed by atoms with E-state index in [9.17, 15) is 14.4 Å². The van der Waals surface area contributed by atoms with Crippen LogP contribution in [-0.4, -0.2) is 46.6 Å². The first-order valence-electron chi connectivity index (χ1n) is 9.25. The van der Waals surface area contributed by atoms with E-state index in [2.05, 4.69) is 15.9 Å². The SMILES string of the molecule is CCOC(=O)/C=C/CN(C(=O)OC(C)(C)C)C(CSC(C)=O)c1cccc(Br)c1. The Labute approximate surface area is 185 Å². The van der Waals surface area contributed by atoms with Gasteiger partial charge >= 0.3 is 12.1 Å². The first-order chi connectivity index (χ1) is 13.5. The molecule has 0 fully saturated rings. The zero-order chi connectivity index (χ0) is 22.0. The molecule has 29 heavy (non-hydrogen) atoms. The van der Waals surface area contributed by atoms with E-state index in [4.69, 9.17) is 9.47 Å². The number of nitrogens with zero attached hydrogens (tertiary/aromatic N) is 1. The number of esters is 1. The van der Waals surface area contributed by atoms with Crippen molar-refractivity contribution in [2.24, 2.45) is 0 Å². The molecule has 8 heteroatoms. The van der Waals surface area contributed by atoms with Crippen LogP contribution < -0.4 is 0 Å². The van der Waals surface area contributed by atoms with Gasteiger partial charge in [0, 0.05) is 29.8 Å². The van der Waals surface area contributed by atoms with Gasteiger partial charge in [-0.2, -0.15) is 0 Å². The molecule has 1 rings (SSSR count). The summed E-state index contributed by atoms with van der Waals surface area (Å²) in [7, 11) is 0. The molecule has 6 nitrogen and oxygen atoms in total. The van der Waals surface area contributed by atoms with Crippen LogP contribution in [0, 0.1) is 0 Å². The van der Waals surface area contributed by atoms with Crippen LogP contribution in [0.2, 0.25) is 0 Å². The van der Waals surface area contributed by atoms with Crippen LogP contribution in [0.15, 0.2) is 40.9 Å². The predicted molar refractivity (Wildman–Crippen MR) is 119 cm³/mol. The molecule has 1 aromatic rings. The molecule has 0 aliphatic carbocycles. The molecule has 0 saturated carbocycles. The number of benzene rings is 1. The van der Waals surface area contributed by atoms with E-state index in [0.29, 0.717) is 5.75 Å². The van der Waals surface area contributed by atoms with E-state index in [1.54, 1.807) is 33.8 Å². The number of thioether (sulfide) groups is 1. The smallest absolute Gasteiger partial charge is 0.411 e. The third-order valence-electron chi connectivity index (χ3n) is 3.52. The zero-order valence-corrected chi connectivity index (χ0v) is 19.8. The third-order valence-corrected chi connectivity index (χ3v) is 4.91. The van der Waals surface area contributed by atoms with E-state index in [1.165, 1.54) is 17.9 Å². The van der Waals surface area contributed by atoms with Crippen LogP contribution in [0.25, 0.3) is 0 Å². The second kappa shape index (κ2) is 12.0. The minimum Gasteiger partial charge on any atom is -0.463 e. The lowest BCUT2D eigenvalue weighted by Crippen LogP contribution is -2.40. The minimum absolute atomic E-state index is 0.0452. The molecule has 0 aliphatic heterocycles. The Balaban J connectivity index is 3.23.